The normalized spacial score (nSPS) is 28.1. The molecule has 6 heteroatoms. The Hall–Kier alpha value is -1.27. The third-order valence-corrected chi connectivity index (χ3v) is 6.77. The van der Waals surface area contributed by atoms with Gasteiger partial charge in [-0.15, -0.1) is 11.3 Å². The van der Waals surface area contributed by atoms with E-state index < -0.39 is 0 Å². The lowest BCUT2D eigenvalue weighted by atomic mass is 9.78. The van der Waals surface area contributed by atoms with E-state index in [9.17, 15) is 5.11 Å². The van der Waals surface area contributed by atoms with Gasteiger partial charge in [-0.2, -0.15) is 0 Å². The maximum atomic E-state index is 10.3. The number of hydrogen-bond acceptors (Lipinski definition) is 5. The molecule has 2 aliphatic heterocycles. The molecule has 1 saturated heterocycles. The van der Waals surface area contributed by atoms with Crippen LogP contribution in [0, 0.1) is 0 Å². The summed E-state index contributed by atoms with van der Waals surface area (Å²) in [6.45, 7) is 5.36. The molecule has 1 aromatic carbocycles. The molecule has 0 saturated carbocycles. The molecular weight excluding hydrogens is 370 g/mol. The standard InChI is InChI=1S/C20H24ClNO3S/c1-3-24-17-5-4-13(8-16(17)23)15-11-20(10-12(2)22-15)19-14(6-7-25-20)9-18(21)26-19/h4-5,8-9,12,15,22-23H,3,6-7,10-11H2,1-2H3. The monoisotopic (exact) mass is 393 g/mol. The van der Waals surface area contributed by atoms with E-state index in [4.69, 9.17) is 21.1 Å². The minimum atomic E-state index is -0.297. The van der Waals surface area contributed by atoms with Crippen molar-refractivity contribution in [3.05, 3.63) is 44.6 Å². The highest BCUT2D eigenvalue weighted by atomic mass is 35.5. The number of benzene rings is 1. The van der Waals surface area contributed by atoms with Crippen molar-refractivity contribution in [2.45, 2.75) is 50.8 Å². The molecular formula is C20H24ClNO3S. The topological polar surface area (TPSA) is 50.7 Å². The van der Waals surface area contributed by atoms with Gasteiger partial charge in [-0.05, 0) is 56.0 Å². The van der Waals surface area contributed by atoms with Gasteiger partial charge in [0.1, 0.15) is 5.60 Å². The van der Waals surface area contributed by atoms with Gasteiger partial charge in [0.15, 0.2) is 11.5 Å². The lowest BCUT2D eigenvalue weighted by Gasteiger charge is -2.46. The number of aromatic hydroxyl groups is 1. The maximum absolute atomic E-state index is 10.3. The van der Waals surface area contributed by atoms with Crippen LogP contribution in [0.5, 0.6) is 11.5 Å². The van der Waals surface area contributed by atoms with Crippen LogP contribution in [0.15, 0.2) is 24.3 Å². The number of hydrogen-bond donors (Lipinski definition) is 2. The summed E-state index contributed by atoms with van der Waals surface area (Å²) in [5.41, 5.74) is 2.08. The highest BCUT2D eigenvalue weighted by molar-refractivity contribution is 7.16. The Morgan fingerprint density at radius 3 is 3.00 bits per heavy atom. The van der Waals surface area contributed by atoms with E-state index in [1.54, 1.807) is 17.4 Å². The third kappa shape index (κ3) is 3.22. The minimum Gasteiger partial charge on any atom is -0.504 e. The van der Waals surface area contributed by atoms with E-state index in [1.807, 2.05) is 19.1 Å². The Bertz CT molecular complexity index is 808. The SMILES string of the molecule is CCOc1ccc(C2CC3(CC(C)N2)OCCc2cc(Cl)sc23)cc1O. The van der Waals surface area contributed by atoms with Crippen molar-refractivity contribution >= 4 is 22.9 Å². The van der Waals surface area contributed by atoms with Crippen LogP contribution >= 0.6 is 22.9 Å². The quantitative estimate of drug-likeness (QED) is 0.787. The smallest absolute Gasteiger partial charge is 0.160 e. The summed E-state index contributed by atoms with van der Waals surface area (Å²) in [4.78, 5) is 1.28. The molecule has 2 aromatic rings. The van der Waals surface area contributed by atoms with Crippen LogP contribution in [0.25, 0.3) is 0 Å². The van der Waals surface area contributed by atoms with E-state index in [-0.39, 0.29) is 17.4 Å². The fourth-order valence-electron chi connectivity index (χ4n) is 4.30. The van der Waals surface area contributed by atoms with Gasteiger partial charge in [0, 0.05) is 23.4 Å². The fourth-order valence-corrected chi connectivity index (χ4v) is 5.77. The van der Waals surface area contributed by atoms with Crippen LogP contribution in [-0.4, -0.2) is 24.4 Å². The molecule has 26 heavy (non-hydrogen) atoms. The lowest BCUT2D eigenvalue weighted by molar-refractivity contribution is -0.0954. The fraction of sp³-hybridized carbons (Fsp3) is 0.500. The summed E-state index contributed by atoms with van der Waals surface area (Å²) in [6.07, 6.45) is 2.68. The predicted molar refractivity (Wildman–Crippen MR) is 105 cm³/mol. The zero-order valence-corrected chi connectivity index (χ0v) is 16.6. The van der Waals surface area contributed by atoms with Gasteiger partial charge < -0.3 is 19.9 Å². The highest BCUT2D eigenvalue weighted by Crippen LogP contribution is 2.50. The Morgan fingerprint density at radius 2 is 2.23 bits per heavy atom. The van der Waals surface area contributed by atoms with Gasteiger partial charge in [0.2, 0.25) is 0 Å². The largest absolute Gasteiger partial charge is 0.504 e. The Labute approximate surface area is 163 Å². The second-order valence-electron chi connectivity index (χ2n) is 7.19. The summed E-state index contributed by atoms with van der Waals surface area (Å²) in [7, 11) is 0. The molecule has 0 radical (unpaired) electrons. The van der Waals surface area contributed by atoms with Crippen molar-refractivity contribution in [2.24, 2.45) is 0 Å². The highest BCUT2D eigenvalue weighted by Gasteiger charge is 2.46. The van der Waals surface area contributed by atoms with Gasteiger partial charge in [0.05, 0.1) is 17.6 Å². The number of piperidine rings is 1. The number of fused-ring (bicyclic) bond motifs is 2. The number of nitrogens with one attached hydrogen (secondary N) is 1. The number of halogens is 1. The molecule has 1 spiro atoms. The van der Waals surface area contributed by atoms with E-state index >= 15 is 0 Å². The summed E-state index contributed by atoms with van der Waals surface area (Å²) >= 11 is 7.96. The van der Waals surface area contributed by atoms with Crippen molar-refractivity contribution in [3.63, 3.8) is 0 Å². The molecule has 4 rings (SSSR count). The van der Waals surface area contributed by atoms with Crippen LogP contribution in [-0.2, 0) is 16.8 Å². The summed E-state index contributed by atoms with van der Waals surface area (Å²) in [5.74, 6) is 0.707. The second-order valence-corrected chi connectivity index (χ2v) is 8.87. The molecule has 3 unspecified atom stereocenters. The predicted octanol–water partition coefficient (Wildman–Crippen LogP) is 4.79. The first-order valence-corrected chi connectivity index (χ1v) is 10.3. The van der Waals surface area contributed by atoms with Crippen LogP contribution in [0.1, 0.15) is 48.7 Å². The van der Waals surface area contributed by atoms with Gasteiger partial charge in [-0.1, -0.05) is 17.7 Å². The summed E-state index contributed by atoms with van der Waals surface area (Å²) < 4.78 is 12.7. The second kappa shape index (κ2) is 7.04. The minimum absolute atomic E-state index is 0.104. The molecule has 140 valence electrons. The number of phenols is 1. The van der Waals surface area contributed by atoms with Crippen LogP contribution < -0.4 is 10.1 Å². The Balaban J connectivity index is 1.67. The van der Waals surface area contributed by atoms with Crippen molar-refractivity contribution in [1.29, 1.82) is 0 Å². The van der Waals surface area contributed by atoms with Crippen molar-refractivity contribution < 1.29 is 14.6 Å². The average Bonchev–Trinajstić information content (AvgIpc) is 2.98. The molecule has 2 N–H and O–H groups in total. The van der Waals surface area contributed by atoms with E-state index in [2.05, 4.69) is 18.3 Å². The van der Waals surface area contributed by atoms with Crippen molar-refractivity contribution in [1.82, 2.24) is 5.32 Å². The molecule has 4 nitrogen and oxygen atoms in total. The summed E-state index contributed by atoms with van der Waals surface area (Å²) in [5, 5.41) is 13.9. The molecule has 2 aliphatic rings. The molecule has 3 atom stereocenters. The lowest BCUT2D eigenvalue weighted by Crippen LogP contribution is -2.49. The molecule has 0 bridgehead atoms. The maximum Gasteiger partial charge on any atom is 0.160 e. The first-order valence-electron chi connectivity index (χ1n) is 9.15. The first-order chi connectivity index (χ1) is 12.5. The number of ether oxygens (including phenoxy) is 2. The van der Waals surface area contributed by atoms with E-state index in [0.717, 1.165) is 35.8 Å². The van der Waals surface area contributed by atoms with Gasteiger partial charge in [0.25, 0.3) is 0 Å². The zero-order chi connectivity index (χ0) is 18.3. The third-order valence-electron chi connectivity index (χ3n) is 5.28. The number of rotatable bonds is 3. The van der Waals surface area contributed by atoms with Crippen molar-refractivity contribution in [2.75, 3.05) is 13.2 Å². The zero-order valence-electron chi connectivity index (χ0n) is 15.0. The van der Waals surface area contributed by atoms with Gasteiger partial charge >= 0.3 is 0 Å². The number of thiophene rings is 1. The van der Waals surface area contributed by atoms with Crippen LogP contribution in [0.4, 0.5) is 0 Å². The molecule has 3 heterocycles. The molecule has 1 aromatic heterocycles. The Kier molecular flexibility index (Phi) is 4.90. The summed E-state index contributed by atoms with van der Waals surface area (Å²) in [6, 6.07) is 8.17. The molecule has 0 aliphatic carbocycles. The first kappa shape index (κ1) is 18.1. The van der Waals surface area contributed by atoms with Crippen molar-refractivity contribution in [3.8, 4) is 11.5 Å². The van der Waals surface area contributed by atoms with E-state index in [1.165, 1.54) is 10.4 Å². The van der Waals surface area contributed by atoms with Gasteiger partial charge in [-0.3, -0.25) is 0 Å². The van der Waals surface area contributed by atoms with Gasteiger partial charge in [-0.25, -0.2) is 0 Å². The molecule has 1 fully saturated rings. The average molecular weight is 394 g/mol. The van der Waals surface area contributed by atoms with Crippen LogP contribution in [0.3, 0.4) is 0 Å². The Morgan fingerprint density at radius 1 is 1.38 bits per heavy atom. The number of phenolic OH excluding ortho intramolecular Hbond substituents is 1. The van der Waals surface area contributed by atoms with E-state index in [0.29, 0.717) is 18.4 Å². The molecule has 0 amide bonds. The van der Waals surface area contributed by atoms with Crippen LogP contribution in [0.2, 0.25) is 4.34 Å².